The zero-order chi connectivity index (χ0) is 15.4. The summed E-state index contributed by atoms with van der Waals surface area (Å²) >= 11 is 5.92. The van der Waals surface area contributed by atoms with Gasteiger partial charge < -0.3 is 10.6 Å². The van der Waals surface area contributed by atoms with E-state index in [0.29, 0.717) is 17.8 Å². The molecule has 2 aromatic carbocycles. The van der Waals surface area contributed by atoms with E-state index in [0.717, 1.165) is 17.3 Å². The van der Waals surface area contributed by atoms with Crippen LogP contribution in [0, 0.1) is 12.7 Å². The standard InChI is InChI=1S/C16H16ClFN2O/c1-3-19-15-8-10(2)4-6-12(15)16(21)20-14-7-5-11(18)9-13(14)17/h4-9,19H,3H2,1-2H3,(H,20,21). The summed E-state index contributed by atoms with van der Waals surface area (Å²) in [4.78, 5) is 12.4. The Hall–Kier alpha value is -2.07. The van der Waals surface area contributed by atoms with Gasteiger partial charge in [-0.3, -0.25) is 4.79 Å². The molecule has 2 rings (SSSR count). The molecule has 2 N–H and O–H groups in total. The van der Waals surface area contributed by atoms with Crippen molar-refractivity contribution in [2.24, 2.45) is 0 Å². The number of anilines is 2. The molecule has 1 amide bonds. The Bertz CT molecular complexity index is 673. The van der Waals surface area contributed by atoms with E-state index in [4.69, 9.17) is 11.6 Å². The van der Waals surface area contributed by atoms with E-state index in [2.05, 4.69) is 10.6 Å². The lowest BCUT2D eigenvalue weighted by atomic mass is 10.1. The van der Waals surface area contributed by atoms with Crippen molar-refractivity contribution in [3.05, 3.63) is 58.4 Å². The largest absolute Gasteiger partial charge is 0.385 e. The van der Waals surface area contributed by atoms with Crippen molar-refractivity contribution in [3.8, 4) is 0 Å². The van der Waals surface area contributed by atoms with Gasteiger partial charge in [-0.2, -0.15) is 0 Å². The van der Waals surface area contributed by atoms with Gasteiger partial charge in [-0.25, -0.2) is 4.39 Å². The van der Waals surface area contributed by atoms with Gasteiger partial charge in [0.2, 0.25) is 0 Å². The first-order valence-electron chi connectivity index (χ1n) is 6.62. The van der Waals surface area contributed by atoms with Crippen LogP contribution in [-0.2, 0) is 0 Å². The minimum absolute atomic E-state index is 0.167. The molecule has 21 heavy (non-hydrogen) atoms. The van der Waals surface area contributed by atoms with Crippen LogP contribution in [-0.4, -0.2) is 12.5 Å². The third-order valence-electron chi connectivity index (χ3n) is 2.97. The summed E-state index contributed by atoms with van der Waals surface area (Å²) in [6.45, 7) is 4.63. The summed E-state index contributed by atoms with van der Waals surface area (Å²) < 4.78 is 13.0. The summed E-state index contributed by atoms with van der Waals surface area (Å²) in [5.41, 5.74) is 2.71. The number of hydrogen-bond donors (Lipinski definition) is 2. The van der Waals surface area contributed by atoms with Gasteiger partial charge in [-0.1, -0.05) is 17.7 Å². The molecule has 2 aromatic rings. The summed E-state index contributed by atoms with van der Waals surface area (Å²) in [7, 11) is 0. The van der Waals surface area contributed by atoms with Crippen molar-refractivity contribution in [3.63, 3.8) is 0 Å². The second-order valence-electron chi connectivity index (χ2n) is 4.66. The van der Waals surface area contributed by atoms with Crippen LogP contribution in [0.1, 0.15) is 22.8 Å². The van der Waals surface area contributed by atoms with E-state index in [1.54, 1.807) is 6.07 Å². The van der Waals surface area contributed by atoms with Crippen molar-refractivity contribution in [1.82, 2.24) is 0 Å². The molecule has 0 aliphatic rings. The highest BCUT2D eigenvalue weighted by Crippen LogP contribution is 2.24. The lowest BCUT2D eigenvalue weighted by molar-refractivity contribution is 0.102. The Morgan fingerprint density at radius 1 is 1.19 bits per heavy atom. The van der Waals surface area contributed by atoms with Gasteiger partial charge in [-0.05, 0) is 49.7 Å². The Balaban J connectivity index is 2.28. The number of aryl methyl sites for hydroxylation is 1. The number of nitrogens with one attached hydrogen (secondary N) is 2. The minimum atomic E-state index is -0.443. The molecule has 0 radical (unpaired) electrons. The summed E-state index contributed by atoms with van der Waals surface area (Å²) in [6, 6.07) is 9.38. The van der Waals surface area contributed by atoms with Crippen LogP contribution >= 0.6 is 11.6 Å². The third-order valence-corrected chi connectivity index (χ3v) is 3.28. The highest BCUT2D eigenvalue weighted by Gasteiger charge is 2.13. The first-order valence-corrected chi connectivity index (χ1v) is 7.00. The summed E-state index contributed by atoms with van der Waals surface area (Å²) in [5.74, 6) is -0.735. The van der Waals surface area contributed by atoms with E-state index in [9.17, 15) is 9.18 Å². The maximum absolute atomic E-state index is 13.0. The molecule has 0 aliphatic heterocycles. The van der Waals surface area contributed by atoms with Crippen LogP contribution in [0.3, 0.4) is 0 Å². The Labute approximate surface area is 128 Å². The van der Waals surface area contributed by atoms with Gasteiger partial charge in [0.1, 0.15) is 5.82 Å². The van der Waals surface area contributed by atoms with E-state index in [1.807, 2.05) is 26.0 Å². The maximum Gasteiger partial charge on any atom is 0.257 e. The fourth-order valence-corrected chi connectivity index (χ4v) is 2.19. The molecule has 0 atom stereocenters. The molecular formula is C16H16ClFN2O. The number of carbonyl (C=O) groups excluding carboxylic acids is 1. The smallest absolute Gasteiger partial charge is 0.257 e. The van der Waals surface area contributed by atoms with Crippen molar-refractivity contribution in [1.29, 1.82) is 0 Å². The Morgan fingerprint density at radius 2 is 1.95 bits per heavy atom. The lowest BCUT2D eigenvalue weighted by Crippen LogP contribution is -2.15. The molecule has 3 nitrogen and oxygen atoms in total. The molecule has 0 bridgehead atoms. The van der Waals surface area contributed by atoms with Crippen LogP contribution < -0.4 is 10.6 Å². The number of hydrogen-bond acceptors (Lipinski definition) is 2. The van der Waals surface area contributed by atoms with E-state index in [-0.39, 0.29) is 10.9 Å². The fraction of sp³-hybridized carbons (Fsp3) is 0.188. The van der Waals surface area contributed by atoms with Crippen molar-refractivity contribution in [2.75, 3.05) is 17.2 Å². The molecule has 0 heterocycles. The predicted molar refractivity (Wildman–Crippen MR) is 84.7 cm³/mol. The van der Waals surface area contributed by atoms with Gasteiger partial charge in [0.15, 0.2) is 0 Å². The first kappa shape index (κ1) is 15.3. The minimum Gasteiger partial charge on any atom is -0.385 e. The van der Waals surface area contributed by atoms with Gasteiger partial charge in [0.25, 0.3) is 5.91 Å². The fourth-order valence-electron chi connectivity index (χ4n) is 1.97. The molecule has 5 heteroatoms. The van der Waals surface area contributed by atoms with Crippen LogP contribution in [0.2, 0.25) is 5.02 Å². The van der Waals surface area contributed by atoms with Crippen LogP contribution in [0.15, 0.2) is 36.4 Å². The zero-order valence-corrected chi connectivity index (χ0v) is 12.6. The first-order chi connectivity index (χ1) is 10.0. The molecule has 0 fully saturated rings. The molecule has 110 valence electrons. The van der Waals surface area contributed by atoms with E-state index >= 15 is 0 Å². The molecule has 0 aromatic heterocycles. The molecule has 0 aliphatic carbocycles. The average Bonchev–Trinajstić information content (AvgIpc) is 2.42. The number of carbonyl (C=O) groups is 1. The van der Waals surface area contributed by atoms with Crippen molar-refractivity contribution >= 4 is 28.9 Å². The Kier molecular flexibility index (Phi) is 4.81. The third kappa shape index (κ3) is 3.73. The maximum atomic E-state index is 13.0. The molecule has 0 saturated carbocycles. The van der Waals surface area contributed by atoms with E-state index < -0.39 is 5.82 Å². The van der Waals surface area contributed by atoms with Gasteiger partial charge in [0.05, 0.1) is 16.3 Å². The normalized spacial score (nSPS) is 10.3. The van der Waals surface area contributed by atoms with Gasteiger partial charge in [-0.15, -0.1) is 0 Å². The predicted octanol–water partition coefficient (Wildman–Crippen LogP) is 4.47. The van der Waals surface area contributed by atoms with Crippen LogP contribution in [0.25, 0.3) is 0 Å². The summed E-state index contributed by atoms with van der Waals surface area (Å²) in [6.07, 6.45) is 0. The lowest BCUT2D eigenvalue weighted by Gasteiger charge is -2.13. The molecule has 0 spiro atoms. The zero-order valence-electron chi connectivity index (χ0n) is 11.8. The summed E-state index contributed by atoms with van der Waals surface area (Å²) in [5, 5.41) is 6.02. The number of benzene rings is 2. The number of rotatable bonds is 4. The van der Waals surface area contributed by atoms with Crippen LogP contribution in [0.5, 0.6) is 0 Å². The number of amides is 1. The van der Waals surface area contributed by atoms with Gasteiger partial charge in [0, 0.05) is 12.2 Å². The second kappa shape index (κ2) is 6.59. The average molecular weight is 307 g/mol. The van der Waals surface area contributed by atoms with Crippen LogP contribution in [0.4, 0.5) is 15.8 Å². The van der Waals surface area contributed by atoms with E-state index in [1.165, 1.54) is 12.1 Å². The monoisotopic (exact) mass is 306 g/mol. The quantitative estimate of drug-likeness (QED) is 0.875. The second-order valence-corrected chi connectivity index (χ2v) is 5.06. The van der Waals surface area contributed by atoms with Gasteiger partial charge >= 0.3 is 0 Å². The SMILES string of the molecule is CCNc1cc(C)ccc1C(=O)Nc1ccc(F)cc1Cl. The molecule has 0 unspecified atom stereocenters. The number of halogens is 2. The van der Waals surface area contributed by atoms with Crippen molar-refractivity contribution in [2.45, 2.75) is 13.8 Å². The molecule has 0 saturated heterocycles. The van der Waals surface area contributed by atoms with Crippen molar-refractivity contribution < 1.29 is 9.18 Å². The highest BCUT2D eigenvalue weighted by molar-refractivity contribution is 6.34. The topological polar surface area (TPSA) is 41.1 Å². The highest BCUT2D eigenvalue weighted by atomic mass is 35.5. The Morgan fingerprint density at radius 3 is 2.62 bits per heavy atom. The molecular weight excluding hydrogens is 291 g/mol.